The third-order valence-electron chi connectivity index (χ3n) is 2.86. The zero-order valence-corrected chi connectivity index (χ0v) is 10.5. The molecule has 0 heterocycles. The van der Waals surface area contributed by atoms with Gasteiger partial charge in [0.25, 0.3) is 0 Å². The molecule has 96 valence electrons. The van der Waals surface area contributed by atoms with E-state index in [0.29, 0.717) is 5.56 Å². The summed E-state index contributed by atoms with van der Waals surface area (Å²) in [4.78, 5) is 0. The minimum absolute atomic E-state index is 0.0469. The summed E-state index contributed by atoms with van der Waals surface area (Å²) in [5.41, 5.74) is -0.00962. The van der Waals surface area contributed by atoms with Crippen molar-refractivity contribution in [3.63, 3.8) is 0 Å². The van der Waals surface area contributed by atoms with Crippen molar-refractivity contribution in [2.24, 2.45) is 5.92 Å². The van der Waals surface area contributed by atoms with Crippen LogP contribution in [0.5, 0.6) is 0 Å². The van der Waals surface area contributed by atoms with Gasteiger partial charge in [-0.1, -0.05) is 19.9 Å². The molecule has 0 aliphatic rings. The summed E-state index contributed by atoms with van der Waals surface area (Å²) in [7, 11) is 1.42. The second kappa shape index (κ2) is 5.56. The highest BCUT2D eigenvalue weighted by Gasteiger charge is 2.29. The van der Waals surface area contributed by atoms with Gasteiger partial charge < -0.3 is 9.84 Å². The van der Waals surface area contributed by atoms with Crippen LogP contribution < -0.4 is 0 Å². The Morgan fingerprint density at radius 3 is 2.29 bits per heavy atom. The second-order valence-electron chi connectivity index (χ2n) is 4.48. The first-order chi connectivity index (χ1) is 7.90. The Hall–Kier alpha value is -1.00. The van der Waals surface area contributed by atoms with Gasteiger partial charge in [0.15, 0.2) is 0 Å². The summed E-state index contributed by atoms with van der Waals surface area (Å²) in [5.74, 6) is -1.50. The van der Waals surface area contributed by atoms with E-state index in [2.05, 4.69) is 0 Å². The smallest absolute Gasteiger partial charge is 0.134 e. The highest BCUT2D eigenvalue weighted by atomic mass is 19.1. The van der Waals surface area contributed by atoms with Crippen LogP contribution in [0.15, 0.2) is 12.1 Å². The van der Waals surface area contributed by atoms with Gasteiger partial charge in [0, 0.05) is 7.11 Å². The predicted octanol–water partition coefficient (Wildman–Crippen LogP) is 2.98. The number of aryl methyl sites for hydroxylation is 1. The third kappa shape index (κ3) is 2.82. The summed E-state index contributed by atoms with van der Waals surface area (Å²) in [6, 6.07) is 2.50. The lowest BCUT2D eigenvalue weighted by molar-refractivity contribution is -0.0420. The average Bonchev–Trinajstić information content (AvgIpc) is 2.24. The van der Waals surface area contributed by atoms with Crippen molar-refractivity contribution in [3.05, 3.63) is 34.9 Å². The van der Waals surface area contributed by atoms with E-state index < -0.39 is 23.8 Å². The van der Waals surface area contributed by atoms with E-state index in [1.807, 2.05) is 13.8 Å². The summed E-state index contributed by atoms with van der Waals surface area (Å²) in [6.45, 7) is 5.17. The molecular formula is C13H18F2O2. The summed E-state index contributed by atoms with van der Waals surface area (Å²) in [6.07, 6.45) is -1.94. The topological polar surface area (TPSA) is 29.5 Å². The van der Waals surface area contributed by atoms with Gasteiger partial charge in [-0.15, -0.1) is 0 Å². The molecular weight excluding hydrogens is 226 g/mol. The molecule has 0 spiro atoms. The van der Waals surface area contributed by atoms with Gasteiger partial charge in [0.05, 0.1) is 11.7 Å². The maximum absolute atomic E-state index is 13.8. The molecule has 1 rings (SSSR count). The number of rotatable bonds is 4. The van der Waals surface area contributed by atoms with Gasteiger partial charge in [-0.2, -0.15) is 0 Å². The van der Waals surface area contributed by atoms with Crippen molar-refractivity contribution < 1.29 is 18.6 Å². The van der Waals surface area contributed by atoms with Crippen molar-refractivity contribution in [3.8, 4) is 0 Å². The van der Waals surface area contributed by atoms with E-state index >= 15 is 0 Å². The standard InChI is InChI=1S/C13H18F2O2/c1-7(2)13(17-4)12(16)10-9(14)6-5-8(3)11(10)15/h5-7,12-13,16H,1-4H3. The Labute approximate surface area is 100 Å². The van der Waals surface area contributed by atoms with Crippen LogP contribution in [0.4, 0.5) is 8.78 Å². The molecule has 2 atom stereocenters. The zero-order chi connectivity index (χ0) is 13.2. The largest absolute Gasteiger partial charge is 0.385 e. The van der Waals surface area contributed by atoms with Crippen molar-refractivity contribution in [1.82, 2.24) is 0 Å². The number of aliphatic hydroxyl groups excluding tert-OH is 1. The molecule has 0 saturated heterocycles. The normalized spacial score (nSPS) is 15.1. The van der Waals surface area contributed by atoms with Crippen molar-refractivity contribution in [2.75, 3.05) is 7.11 Å². The molecule has 1 aromatic carbocycles. The molecule has 1 N–H and O–H groups in total. The van der Waals surface area contributed by atoms with E-state index in [-0.39, 0.29) is 11.5 Å². The lowest BCUT2D eigenvalue weighted by Crippen LogP contribution is -2.28. The molecule has 0 bridgehead atoms. The molecule has 17 heavy (non-hydrogen) atoms. The first-order valence-electron chi connectivity index (χ1n) is 5.55. The quantitative estimate of drug-likeness (QED) is 0.882. The summed E-state index contributed by atoms with van der Waals surface area (Å²) >= 11 is 0. The van der Waals surface area contributed by atoms with Gasteiger partial charge in [-0.3, -0.25) is 0 Å². The predicted molar refractivity (Wildman–Crippen MR) is 61.7 cm³/mol. The molecule has 2 unspecified atom stereocenters. The minimum atomic E-state index is -1.31. The zero-order valence-electron chi connectivity index (χ0n) is 10.5. The number of benzene rings is 1. The Morgan fingerprint density at radius 1 is 1.24 bits per heavy atom. The fraction of sp³-hybridized carbons (Fsp3) is 0.538. The van der Waals surface area contributed by atoms with Crippen molar-refractivity contribution in [1.29, 1.82) is 0 Å². The van der Waals surface area contributed by atoms with Gasteiger partial charge in [-0.05, 0) is 24.5 Å². The van der Waals surface area contributed by atoms with Crippen LogP contribution in [0.3, 0.4) is 0 Å². The molecule has 2 nitrogen and oxygen atoms in total. The van der Waals surface area contributed by atoms with E-state index in [1.165, 1.54) is 20.1 Å². The van der Waals surface area contributed by atoms with Crippen LogP contribution in [0.2, 0.25) is 0 Å². The molecule has 0 fully saturated rings. The second-order valence-corrected chi connectivity index (χ2v) is 4.48. The van der Waals surface area contributed by atoms with Crippen LogP contribution in [0.25, 0.3) is 0 Å². The van der Waals surface area contributed by atoms with Gasteiger partial charge >= 0.3 is 0 Å². The SMILES string of the molecule is COC(C(C)C)C(O)c1c(F)ccc(C)c1F. The Balaban J connectivity index is 3.19. The van der Waals surface area contributed by atoms with Gasteiger partial charge in [0.1, 0.15) is 17.7 Å². The molecule has 0 aliphatic carbocycles. The number of halogens is 2. The summed E-state index contributed by atoms with van der Waals surface area (Å²) in [5, 5.41) is 10.0. The Morgan fingerprint density at radius 2 is 1.82 bits per heavy atom. The monoisotopic (exact) mass is 244 g/mol. The minimum Gasteiger partial charge on any atom is -0.385 e. The third-order valence-corrected chi connectivity index (χ3v) is 2.86. The molecule has 0 aromatic heterocycles. The van der Waals surface area contributed by atoms with Crippen LogP contribution in [-0.2, 0) is 4.74 Å². The molecule has 0 saturated carbocycles. The number of ether oxygens (including phenoxy) is 1. The van der Waals surface area contributed by atoms with Crippen LogP contribution >= 0.6 is 0 Å². The van der Waals surface area contributed by atoms with E-state index in [4.69, 9.17) is 4.74 Å². The van der Waals surface area contributed by atoms with Crippen LogP contribution in [0.1, 0.15) is 31.1 Å². The van der Waals surface area contributed by atoms with Crippen LogP contribution in [0, 0.1) is 24.5 Å². The van der Waals surface area contributed by atoms with E-state index in [1.54, 1.807) is 0 Å². The maximum atomic E-state index is 13.8. The number of methoxy groups -OCH3 is 1. The highest BCUT2D eigenvalue weighted by Crippen LogP contribution is 2.29. The van der Waals surface area contributed by atoms with Gasteiger partial charge in [-0.25, -0.2) is 8.78 Å². The lowest BCUT2D eigenvalue weighted by atomic mass is 9.94. The van der Waals surface area contributed by atoms with E-state index in [9.17, 15) is 13.9 Å². The highest BCUT2D eigenvalue weighted by molar-refractivity contribution is 5.29. The molecule has 4 heteroatoms. The van der Waals surface area contributed by atoms with Gasteiger partial charge in [0.2, 0.25) is 0 Å². The van der Waals surface area contributed by atoms with Crippen molar-refractivity contribution in [2.45, 2.75) is 33.0 Å². The first kappa shape index (κ1) is 14.1. The molecule has 0 radical (unpaired) electrons. The molecule has 0 amide bonds. The first-order valence-corrected chi connectivity index (χ1v) is 5.55. The Bertz CT molecular complexity index is 391. The lowest BCUT2D eigenvalue weighted by Gasteiger charge is -2.26. The number of aliphatic hydroxyl groups is 1. The molecule has 1 aromatic rings. The number of hydrogen-bond donors (Lipinski definition) is 1. The number of hydrogen-bond acceptors (Lipinski definition) is 2. The maximum Gasteiger partial charge on any atom is 0.134 e. The fourth-order valence-corrected chi connectivity index (χ4v) is 1.88. The fourth-order valence-electron chi connectivity index (χ4n) is 1.88. The Kier molecular flexibility index (Phi) is 4.60. The molecule has 0 aliphatic heterocycles. The average molecular weight is 244 g/mol. The van der Waals surface area contributed by atoms with Crippen molar-refractivity contribution >= 4 is 0 Å². The van der Waals surface area contributed by atoms with Crippen LogP contribution in [-0.4, -0.2) is 18.3 Å². The summed E-state index contributed by atoms with van der Waals surface area (Å²) < 4.78 is 32.5. The van der Waals surface area contributed by atoms with E-state index in [0.717, 1.165) is 6.07 Å².